The lowest BCUT2D eigenvalue weighted by atomic mass is 9.96. The first-order valence-corrected chi connectivity index (χ1v) is 8.61. The number of likely N-dealkylation sites (tertiary alicyclic amines) is 1. The number of rotatable bonds is 4. The van der Waals surface area contributed by atoms with E-state index in [1.807, 2.05) is 56.4 Å². The molecule has 1 aromatic heterocycles. The average Bonchev–Trinajstić information content (AvgIpc) is 3.00. The maximum absolute atomic E-state index is 13.0. The lowest BCUT2D eigenvalue weighted by Crippen LogP contribution is -2.39. The van der Waals surface area contributed by atoms with E-state index < -0.39 is 0 Å². The molecular formula is C19H26N4O. The lowest BCUT2D eigenvalue weighted by molar-refractivity contribution is 0.0605. The van der Waals surface area contributed by atoms with Crippen LogP contribution in [0.2, 0.25) is 0 Å². The van der Waals surface area contributed by atoms with E-state index in [9.17, 15) is 4.79 Å². The van der Waals surface area contributed by atoms with Gasteiger partial charge in [-0.25, -0.2) is 0 Å². The van der Waals surface area contributed by atoms with Gasteiger partial charge in [0.2, 0.25) is 0 Å². The number of carbonyl (C=O) groups is 1. The fourth-order valence-corrected chi connectivity index (χ4v) is 3.45. The molecule has 1 fully saturated rings. The van der Waals surface area contributed by atoms with Crippen molar-refractivity contribution in [1.82, 2.24) is 20.0 Å². The van der Waals surface area contributed by atoms with Gasteiger partial charge in [0.15, 0.2) is 0 Å². The van der Waals surface area contributed by atoms with Crippen LogP contribution in [0.25, 0.3) is 0 Å². The molecule has 0 radical (unpaired) electrons. The molecule has 1 N–H and O–H groups in total. The highest BCUT2D eigenvalue weighted by molar-refractivity contribution is 5.94. The highest BCUT2D eigenvalue weighted by atomic mass is 16.2. The van der Waals surface area contributed by atoms with Crippen molar-refractivity contribution in [2.45, 2.75) is 38.8 Å². The van der Waals surface area contributed by atoms with Gasteiger partial charge in [-0.05, 0) is 63.5 Å². The Morgan fingerprint density at radius 1 is 1.29 bits per heavy atom. The number of aryl methyl sites for hydroxylation is 1. The molecule has 0 bridgehead atoms. The summed E-state index contributed by atoms with van der Waals surface area (Å²) in [7, 11) is 4.09. The van der Waals surface area contributed by atoms with Gasteiger partial charge < -0.3 is 9.80 Å². The third-order valence-corrected chi connectivity index (χ3v) is 4.66. The Morgan fingerprint density at radius 2 is 2.04 bits per heavy atom. The third-order valence-electron chi connectivity index (χ3n) is 4.66. The van der Waals surface area contributed by atoms with Gasteiger partial charge in [0.05, 0.1) is 17.9 Å². The number of amides is 1. The second-order valence-electron chi connectivity index (χ2n) is 6.91. The van der Waals surface area contributed by atoms with Gasteiger partial charge in [0.1, 0.15) is 0 Å². The monoisotopic (exact) mass is 326 g/mol. The minimum atomic E-state index is 0.107. The van der Waals surface area contributed by atoms with Gasteiger partial charge in [-0.2, -0.15) is 5.10 Å². The first-order chi connectivity index (χ1) is 11.6. The predicted molar refractivity (Wildman–Crippen MR) is 94.8 cm³/mol. The Bertz CT molecular complexity index is 690. The summed E-state index contributed by atoms with van der Waals surface area (Å²) in [6, 6.07) is 8.11. The molecule has 2 heterocycles. The molecule has 0 aliphatic carbocycles. The molecule has 3 rings (SSSR count). The SMILES string of the molecule is Cc1cn[nH]c1[C@@H]1CCCCN1C(=O)c1ccc(CN(C)C)cc1. The van der Waals surface area contributed by atoms with Crippen LogP contribution in [0.4, 0.5) is 0 Å². The summed E-state index contributed by atoms with van der Waals surface area (Å²) in [6.07, 6.45) is 5.04. The molecule has 1 amide bonds. The zero-order valence-electron chi connectivity index (χ0n) is 14.7. The van der Waals surface area contributed by atoms with Crippen LogP contribution in [0.5, 0.6) is 0 Å². The van der Waals surface area contributed by atoms with Gasteiger partial charge in [0.25, 0.3) is 5.91 Å². The van der Waals surface area contributed by atoms with Crippen LogP contribution in [-0.2, 0) is 6.54 Å². The average molecular weight is 326 g/mol. The summed E-state index contributed by atoms with van der Waals surface area (Å²) in [6.45, 7) is 3.74. The van der Waals surface area contributed by atoms with Crippen LogP contribution in [0.1, 0.15) is 52.5 Å². The number of piperidine rings is 1. The molecule has 2 aromatic rings. The summed E-state index contributed by atoms with van der Waals surface area (Å²) in [5, 5.41) is 7.23. The molecule has 1 aliphatic rings. The fourth-order valence-electron chi connectivity index (χ4n) is 3.45. The van der Waals surface area contributed by atoms with E-state index in [-0.39, 0.29) is 11.9 Å². The molecule has 1 atom stereocenters. The van der Waals surface area contributed by atoms with E-state index in [4.69, 9.17) is 0 Å². The number of H-pyrrole nitrogens is 1. The maximum atomic E-state index is 13.0. The predicted octanol–water partition coefficient (Wildman–Crippen LogP) is 3.15. The molecule has 1 saturated heterocycles. The van der Waals surface area contributed by atoms with Crippen molar-refractivity contribution in [1.29, 1.82) is 0 Å². The number of benzene rings is 1. The standard InChI is InChI=1S/C19H26N4O/c1-14-12-20-21-18(14)17-6-4-5-11-23(17)19(24)16-9-7-15(8-10-16)13-22(2)3/h7-10,12,17H,4-6,11,13H2,1-3H3,(H,20,21)/t17-/m0/s1. The Balaban J connectivity index is 1.80. The molecule has 5 heteroatoms. The normalized spacial score (nSPS) is 18.2. The van der Waals surface area contributed by atoms with Gasteiger partial charge in [-0.1, -0.05) is 12.1 Å². The Kier molecular flexibility index (Phi) is 5.00. The first kappa shape index (κ1) is 16.7. The molecule has 128 valence electrons. The van der Waals surface area contributed by atoms with Crippen LogP contribution in [-0.4, -0.2) is 46.5 Å². The summed E-state index contributed by atoms with van der Waals surface area (Å²) < 4.78 is 0. The van der Waals surface area contributed by atoms with Crippen molar-refractivity contribution < 1.29 is 4.79 Å². The Labute approximate surface area is 143 Å². The Morgan fingerprint density at radius 3 is 2.67 bits per heavy atom. The number of nitrogens with one attached hydrogen (secondary N) is 1. The molecule has 5 nitrogen and oxygen atoms in total. The maximum Gasteiger partial charge on any atom is 0.254 e. The van der Waals surface area contributed by atoms with Crippen molar-refractivity contribution in [3.05, 3.63) is 52.8 Å². The van der Waals surface area contributed by atoms with Crippen molar-refractivity contribution in [3.8, 4) is 0 Å². The molecule has 1 aromatic carbocycles. The van der Waals surface area contributed by atoms with Gasteiger partial charge in [0, 0.05) is 18.7 Å². The van der Waals surface area contributed by atoms with Crippen LogP contribution in [0, 0.1) is 6.92 Å². The molecule has 1 aliphatic heterocycles. The van der Waals surface area contributed by atoms with Gasteiger partial charge >= 0.3 is 0 Å². The van der Waals surface area contributed by atoms with E-state index >= 15 is 0 Å². The van der Waals surface area contributed by atoms with Crippen LogP contribution < -0.4 is 0 Å². The van der Waals surface area contributed by atoms with Gasteiger partial charge in [-0.3, -0.25) is 9.89 Å². The number of aromatic nitrogens is 2. The number of carbonyl (C=O) groups excluding carboxylic acids is 1. The minimum Gasteiger partial charge on any atom is -0.330 e. The summed E-state index contributed by atoms with van der Waals surface area (Å²) in [5.74, 6) is 0.116. The number of hydrogen-bond donors (Lipinski definition) is 1. The molecule has 24 heavy (non-hydrogen) atoms. The quantitative estimate of drug-likeness (QED) is 0.939. The van der Waals surface area contributed by atoms with Crippen molar-refractivity contribution in [2.24, 2.45) is 0 Å². The summed E-state index contributed by atoms with van der Waals surface area (Å²) >= 11 is 0. The highest BCUT2D eigenvalue weighted by Gasteiger charge is 2.30. The van der Waals surface area contributed by atoms with Crippen LogP contribution >= 0.6 is 0 Å². The number of hydrogen-bond acceptors (Lipinski definition) is 3. The zero-order chi connectivity index (χ0) is 17.1. The smallest absolute Gasteiger partial charge is 0.254 e. The van der Waals surface area contributed by atoms with E-state index in [1.54, 1.807) is 0 Å². The second-order valence-corrected chi connectivity index (χ2v) is 6.91. The molecular weight excluding hydrogens is 300 g/mol. The van der Waals surface area contributed by atoms with Crippen molar-refractivity contribution in [2.75, 3.05) is 20.6 Å². The third kappa shape index (κ3) is 3.51. The molecule has 0 unspecified atom stereocenters. The van der Waals surface area contributed by atoms with Crippen molar-refractivity contribution in [3.63, 3.8) is 0 Å². The van der Waals surface area contributed by atoms with E-state index in [1.165, 1.54) is 5.56 Å². The minimum absolute atomic E-state index is 0.107. The lowest BCUT2D eigenvalue weighted by Gasteiger charge is -2.35. The Hall–Kier alpha value is -2.14. The van der Waals surface area contributed by atoms with Crippen LogP contribution in [0.3, 0.4) is 0 Å². The molecule has 0 spiro atoms. The first-order valence-electron chi connectivity index (χ1n) is 8.61. The van der Waals surface area contributed by atoms with E-state index in [0.29, 0.717) is 0 Å². The number of nitrogens with zero attached hydrogens (tertiary/aromatic N) is 3. The largest absolute Gasteiger partial charge is 0.330 e. The fraction of sp³-hybridized carbons (Fsp3) is 0.474. The summed E-state index contributed by atoms with van der Waals surface area (Å²) in [5.41, 5.74) is 4.19. The van der Waals surface area contributed by atoms with E-state index in [0.717, 1.165) is 49.2 Å². The van der Waals surface area contributed by atoms with Crippen LogP contribution in [0.15, 0.2) is 30.5 Å². The van der Waals surface area contributed by atoms with Crippen molar-refractivity contribution >= 4 is 5.91 Å². The zero-order valence-corrected chi connectivity index (χ0v) is 14.7. The van der Waals surface area contributed by atoms with E-state index in [2.05, 4.69) is 15.1 Å². The topological polar surface area (TPSA) is 52.2 Å². The highest BCUT2D eigenvalue weighted by Crippen LogP contribution is 2.32. The molecule has 0 saturated carbocycles. The summed E-state index contributed by atoms with van der Waals surface area (Å²) in [4.78, 5) is 17.2. The van der Waals surface area contributed by atoms with Gasteiger partial charge in [-0.15, -0.1) is 0 Å². The second kappa shape index (κ2) is 7.18. The number of aromatic amines is 1.